The first kappa shape index (κ1) is 14.1. The van der Waals surface area contributed by atoms with Crippen molar-refractivity contribution in [2.75, 3.05) is 33.2 Å². The van der Waals surface area contributed by atoms with Gasteiger partial charge in [-0.1, -0.05) is 6.92 Å². The van der Waals surface area contributed by atoms with Crippen LogP contribution in [0.3, 0.4) is 0 Å². The van der Waals surface area contributed by atoms with Crippen LogP contribution in [-0.4, -0.2) is 47.7 Å². The smallest absolute Gasteiger partial charge is 0.0948 e. The van der Waals surface area contributed by atoms with Crippen molar-refractivity contribution in [3.63, 3.8) is 0 Å². The molecule has 1 N–H and O–H groups in total. The molecule has 112 valence electrons. The van der Waals surface area contributed by atoms with Crippen LogP contribution in [0.4, 0.5) is 0 Å². The summed E-state index contributed by atoms with van der Waals surface area (Å²) in [5.41, 5.74) is 1.90. The second-order valence-electron chi connectivity index (χ2n) is 7.08. The van der Waals surface area contributed by atoms with E-state index < -0.39 is 0 Å². The SMILES string of the molecule is CN1CCC(C)(Cn2cncc2C2CCNCC2)CC1. The average molecular weight is 276 g/mol. The molecule has 0 aromatic carbocycles. The summed E-state index contributed by atoms with van der Waals surface area (Å²) < 4.78 is 2.45. The Morgan fingerprint density at radius 1 is 1.30 bits per heavy atom. The maximum atomic E-state index is 4.44. The molecular weight excluding hydrogens is 248 g/mol. The van der Waals surface area contributed by atoms with Crippen molar-refractivity contribution >= 4 is 0 Å². The number of hydrogen-bond acceptors (Lipinski definition) is 3. The zero-order valence-electron chi connectivity index (χ0n) is 12.9. The minimum atomic E-state index is 0.439. The van der Waals surface area contributed by atoms with E-state index in [1.807, 2.05) is 0 Å². The maximum Gasteiger partial charge on any atom is 0.0948 e. The molecule has 2 aliphatic heterocycles. The predicted octanol–water partition coefficient (Wildman–Crippen LogP) is 2.08. The molecule has 1 aromatic heterocycles. The van der Waals surface area contributed by atoms with E-state index in [0.717, 1.165) is 19.6 Å². The first-order valence-electron chi connectivity index (χ1n) is 8.06. The first-order valence-corrected chi connectivity index (χ1v) is 8.06. The molecule has 2 fully saturated rings. The molecule has 2 aliphatic rings. The largest absolute Gasteiger partial charge is 0.334 e. The van der Waals surface area contributed by atoms with Crippen LogP contribution in [0.5, 0.6) is 0 Å². The summed E-state index contributed by atoms with van der Waals surface area (Å²) in [7, 11) is 2.23. The van der Waals surface area contributed by atoms with Crippen LogP contribution in [0.15, 0.2) is 12.5 Å². The topological polar surface area (TPSA) is 33.1 Å². The Morgan fingerprint density at radius 3 is 2.70 bits per heavy atom. The predicted molar refractivity (Wildman–Crippen MR) is 81.9 cm³/mol. The lowest BCUT2D eigenvalue weighted by Gasteiger charge is -2.38. The molecule has 0 saturated carbocycles. The Labute approximate surface area is 122 Å². The summed E-state index contributed by atoms with van der Waals surface area (Å²) in [6.45, 7) is 8.35. The van der Waals surface area contributed by atoms with E-state index in [4.69, 9.17) is 0 Å². The number of hydrogen-bond donors (Lipinski definition) is 1. The Morgan fingerprint density at radius 2 is 2.00 bits per heavy atom. The molecule has 2 saturated heterocycles. The highest BCUT2D eigenvalue weighted by Crippen LogP contribution is 2.34. The second kappa shape index (κ2) is 5.86. The highest BCUT2D eigenvalue weighted by atomic mass is 15.1. The maximum absolute atomic E-state index is 4.44. The quantitative estimate of drug-likeness (QED) is 0.917. The Hall–Kier alpha value is -0.870. The molecule has 0 atom stereocenters. The molecule has 0 bridgehead atoms. The minimum Gasteiger partial charge on any atom is -0.334 e. The van der Waals surface area contributed by atoms with E-state index >= 15 is 0 Å². The van der Waals surface area contributed by atoms with Gasteiger partial charge in [0.1, 0.15) is 0 Å². The minimum absolute atomic E-state index is 0.439. The van der Waals surface area contributed by atoms with Gasteiger partial charge < -0.3 is 14.8 Å². The van der Waals surface area contributed by atoms with Crippen molar-refractivity contribution in [3.05, 3.63) is 18.2 Å². The fourth-order valence-electron chi connectivity index (χ4n) is 3.65. The zero-order valence-corrected chi connectivity index (χ0v) is 12.9. The van der Waals surface area contributed by atoms with E-state index in [2.05, 4.69) is 46.3 Å². The standard InChI is InChI=1S/C16H28N4/c1-16(5-9-19(2)10-6-16)12-20-13-18-11-15(20)14-3-7-17-8-4-14/h11,13-14,17H,3-10,12H2,1-2H3. The van der Waals surface area contributed by atoms with E-state index in [1.54, 1.807) is 0 Å². The normalized spacial score (nSPS) is 24.9. The van der Waals surface area contributed by atoms with Gasteiger partial charge in [-0.25, -0.2) is 4.98 Å². The molecule has 3 heterocycles. The van der Waals surface area contributed by atoms with Crippen molar-refractivity contribution in [2.45, 2.75) is 45.1 Å². The third-order valence-corrected chi connectivity index (χ3v) is 5.25. The molecular formula is C16H28N4. The monoisotopic (exact) mass is 276 g/mol. The molecule has 4 heteroatoms. The Kier molecular flexibility index (Phi) is 4.13. The summed E-state index contributed by atoms with van der Waals surface area (Å²) in [4.78, 5) is 6.89. The fraction of sp³-hybridized carbons (Fsp3) is 0.812. The van der Waals surface area contributed by atoms with Gasteiger partial charge in [-0.3, -0.25) is 0 Å². The molecule has 0 amide bonds. The Balaban J connectivity index is 1.70. The molecule has 20 heavy (non-hydrogen) atoms. The van der Waals surface area contributed by atoms with Gasteiger partial charge in [0, 0.05) is 24.4 Å². The van der Waals surface area contributed by atoms with Crippen LogP contribution in [0.25, 0.3) is 0 Å². The van der Waals surface area contributed by atoms with Crippen LogP contribution < -0.4 is 5.32 Å². The molecule has 4 nitrogen and oxygen atoms in total. The molecule has 1 aromatic rings. The van der Waals surface area contributed by atoms with Crippen LogP contribution in [-0.2, 0) is 6.54 Å². The Bertz CT molecular complexity index is 425. The van der Waals surface area contributed by atoms with E-state index in [0.29, 0.717) is 11.3 Å². The highest BCUT2D eigenvalue weighted by Gasteiger charge is 2.30. The lowest BCUT2D eigenvalue weighted by Crippen LogP contribution is -2.39. The molecule has 3 rings (SSSR count). The third kappa shape index (κ3) is 3.07. The van der Waals surface area contributed by atoms with Crippen LogP contribution in [0.1, 0.15) is 44.2 Å². The number of nitrogens with zero attached hydrogens (tertiary/aromatic N) is 3. The van der Waals surface area contributed by atoms with E-state index in [9.17, 15) is 0 Å². The van der Waals surface area contributed by atoms with Gasteiger partial charge in [0.15, 0.2) is 0 Å². The van der Waals surface area contributed by atoms with Gasteiger partial charge in [-0.05, 0) is 64.3 Å². The van der Waals surface area contributed by atoms with E-state index in [1.165, 1.54) is 44.5 Å². The van der Waals surface area contributed by atoms with Gasteiger partial charge in [-0.15, -0.1) is 0 Å². The fourth-order valence-corrected chi connectivity index (χ4v) is 3.65. The second-order valence-corrected chi connectivity index (χ2v) is 7.08. The third-order valence-electron chi connectivity index (χ3n) is 5.25. The number of rotatable bonds is 3. The van der Waals surface area contributed by atoms with Gasteiger partial charge >= 0.3 is 0 Å². The average Bonchev–Trinajstić information content (AvgIpc) is 2.91. The van der Waals surface area contributed by atoms with Crippen LogP contribution in [0, 0.1) is 5.41 Å². The van der Waals surface area contributed by atoms with Crippen molar-refractivity contribution in [1.82, 2.24) is 19.8 Å². The lowest BCUT2D eigenvalue weighted by molar-refractivity contribution is 0.119. The summed E-state index contributed by atoms with van der Waals surface area (Å²) in [6, 6.07) is 0. The van der Waals surface area contributed by atoms with E-state index in [-0.39, 0.29) is 0 Å². The van der Waals surface area contributed by atoms with Gasteiger partial charge in [-0.2, -0.15) is 0 Å². The summed E-state index contributed by atoms with van der Waals surface area (Å²) in [6.07, 6.45) is 9.27. The van der Waals surface area contributed by atoms with Crippen molar-refractivity contribution in [1.29, 1.82) is 0 Å². The first-order chi connectivity index (χ1) is 9.66. The van der Waals surface area contributed by atoms with Crippen molar-refractivity contribution in [2.24, 2.45) is 5.41 Å². The number of aromatic nitrogens is 2. The molecule has 0 radical (unpaired) electrons. The van der Waals surface area contributed by atoms with Crippen molar-refractivity contribution in [3.8, 4) is 0 Å². The van der Waals surface area contributed by atoms with Crippen LogP contribution in [0.2, 0.25) is 0 Å². The molecule has 0 aliphatic carbocycles. The number of nitrogens with one attached hydrogen (secondary N) is 1. The summed E-state index contributed by atoms with van der Waals surface area (Å²) >= 11 is 0. The lowest BCUT2D eigenvalue weighted by atomic mass is 9.80. The highest BCUT2D eigenvalue weighted by molar-refractivity contribution is 5.08. The summed E-state index contributed by atoms with van der Waals surface area (Å²) in [5, 5.41) is 3.45. The summed E-state index contributed by atoms with van der Waals surface area (Å²) in [5.74, 6) is 0.702. The van der Waals surface area contributed by atoms with Gasteiger partial charge in [0.25, 0.3) is 0 Å². The number of likely N-dealkylation sites (tertiary alicyclic amines) is 1. The molecule has 0 unspecified atom stereocenters. The molecule has 0 spiro atoms. The van der Waals surface area contributed by atoms with Crippen molar-refractivity contribution < 1.29 is 0 Å². The van der Waals surface area contributed by atoms with Gasteiger partial charge in [0.2, 0.25) is 0 Å². The van der Waals surface area contributed by atoms with Gasteiger partial charge in [0.05, 0.1) is 6.33 Å². The number of imidazole rings is 1. The number of piperidine rings is 2. The zero-order chi connectivity index (χ0) is 14.0. The van der Waals surface area contributed by atoms with Crippen LogP contribution >= 0.6 is 0 Å².